The molecule has 23 heavy (non-hydrogen) atoms. The van der Waals surface area contributed by atoms with Crippen LogP contribution in [0.5, 0.6) is 5.75 Å². The number of aromatic hydroxyl groups is 1. The summed E-state index contributed by atoms with van der Waals surface area (Å²) in [6.07, 6.45) is 1.52. The quantitative estimate of drug-likeness (QED) is 0.668. The van der Waals surface area contributed by atoms with Crippen LogP contribution in [0.15, 0.2) is 42.0 Å². The summed E-state index contributed by atoms with van der Waals surface area (Å²) in [5.74, 6) is -0.227. The maximum absolute atomic E-state index is 12.3. The van der Waals surface area contributed by atoms with Crippen LogP contribution in [0.25, 0.3) is 6.08 Å². The second-order valence-electron chi connectivity index (χ2n) is 5.44. The normalized spacial score (nSPS) is 11.0. The molecular weight excluding hydrogens is 288 g/mol. The van der Waals surface area contributed by atoms with Gasteiger partial charge >= 0.3 is 0 Å². The Morgan fingerprint density at radius 1 is 1.13 bits per heavy atom. The molecule has 4 nitrogen and oxygen atoms in total. The first kappa shape index (κ1) is 16.3. The first-order valence-electron chi connectivity index (χ1n) is 7.21. The van der Waals surface area contributed by atoms with Crippen LogP contribution in [-0.2, 0) is 4.79 Å². The zero-order valence-corrected chi connectivity index (χ0v) is 13.3. The number of rotatable bonds is 3. The average Bonchev–Trinajstić information content (AvgIpc) is 2.52. The molecular formula is C19H18N2O2. The highest BCUT2D eigenvalue weighted by Gasteiger charge is 2.11. The van der Waals surface area contributed by atoms with Crippen LogP contribution in [0.3, 0.4) is 0 Å². The van der Waals surface area contributed by atoms with E-state index in [-0.39, 0.29) is 11.3 Å². The second kappa shape index (κ2) is 6.80. The average molecular weight is 306 g/mol. The highest BCUT2D eigenvalue weighted by atomic mass is 16.3. The van der Waals surface area contributed by atoms with Crippen molar-refractivity contribution >= 4 is 17.7 Å². The first-order chi connectivity index (χ1) is 10.9. The Labute approximate surface area is 135 Å². The molecule has 2 rings (SSSR count). The predicted octanol–water partition coefficient (Wildman–Crippen LogP) is 3.86. The molecule has 0 fully saturated rings. The number of benzene rings is 2. The summed E-state index contributed by atoms with van der Waals surface area (Å²) in [6.45, 7) is 5.44. The fourth-order valence-corrected chi connectivity index (χ4v) is 2.29. The molecule has 0 aliphatic rings. The number of para-hydroxylation sites is 1. The van der Waals surface area contributed by atoms with Gasteiger partial charge in [0.1, 0.15) is 17.4 Å². The van der Waals surface area contributed by atoms with Gasteiger partial charge in [-0.2, -0.15) is 5.26 Å². The van der Waals surface area contributed by atoms with Crippen LogP contribution >= 0.6 is 0 Å². The van der Waals surface area contributed by atoms with E-state index in [2.05, 4.69) is 5.32 Å². The van der Waals surface area contributed by atoms with Crippen molar-refractivity contribution < 1.29 is 9.90 Å². The van der Waals surface area contributed by atoms with Gasteiger partial charge in [-0.1, -0.05) is 18.2 Å². The summed E-state index contributed by atoms with van der Waals surface area (Å²) in [4.78, 5) is 12.3. The van der Waals surface area contributed by atoms with Gasteiger partial charge < -0.3 is 10.4 Å². The lowest BCUT2D eigenvalue weighted by Crippen LogP contribution is -2.14. The Morgan fingerprint density at radius 3 is 2.30 bits per heavy atom. The SMILES string of the molecule is Cc1ccccc1NC(=O)C(C#N)=Cc1cc(C)c(O)c(C)c1. The molecule has 0 radical (unpaired) electrons. The van der Waals surface area contributed by atoms with Gasteiger partial charge in [0, 0.05) is 5.69 Å². The minimum absolute atomic E-state index is 0.0118. The molecule has 0 unspecified atom stereocenters. The van der Waals surface area contributed by atoms with Crippen molar-refractivity contribution in [2.45, 2.75) is 20.8 Å². The Bertz CT molecular complexity index is 806. The van der Waals surface area contributed by atoms with Gasteiger partial charge in [0.05, 0.1) is 0 Å². The summed E-state index contributed by atoms with van der Waals surface area (Å²) in [7, 11) is 0. The largest absolute Gasteiger partial charge is 0.507 e. The number of nitrogens with zero attached hydrogens (tertiary/aromatic N) is 1. The van der Waals surface area contributed by atoms with Crippen molar-refractivity contribution in [3.63, 3.8) is 0 Å². The predicted molar refractivity (Wildman–Crippen MR) is 91.0 cm³/mol. The van der Waals surface area contributed by atoms with Crippen LogP contribution in [0.1, 0.15) is 22.3 Å². The van der Waals surface area contributed by atoms with Gasteiger partial charge in [-0.25, -0.2) is 0 Å². The molecule has 0 bridgehead atoms. The lowest BCUT2D eigenvalue weighted by atomic mass is 10.0. The second-order valence-corrected chi connectivity index (χ2v) is 5.44. The fraction of sp³-hybridized carbons (Fsp3) is 0.158. The minimum atomic E-state index is -0.454. The van der Waals surface area contributed by atoms with Gasteiger partial charge in [-0.3, -0.25) is 4.79 Å². The number of nitrogens with one attached hydrogen (secondary N) is 1. The Morgan fingerprint density at radius 2 is 1.74 bits per heavy atom. The highest BCUT2D eigenvalue weighted by molar-refractivity contribution is 6.10. The molecule has 4 heteroatoms. The van der Waals surface area contributed by atoms with Crippen LogP contribution in [0.4, 0.5) is 5.69 Å². The van der Waals surface area contributed by atoms with Crippen molar-refractivity contribution in [1.29, 1.82) is 5.26 Å². The molecule has 0 heterocycles. The number of carbonyl (C=O) groups excluding carboxylic acids is 1. The third kappa shape index (κ3) is 3.78. The molecule has 0 spiro atoms. The third-order valence-corrected chi connectivity index (χ3v) is 3.58. The third-order valence-electron chi connectivity index (χ3n) is 3.58. The van der Waals surface area contributed by atoms with Gasteiger partial charge in [0.25, 0.3) is 5.91 Å². The van der Waals surface area contributed by atoms with E-state index in [0.29, 0.717) is 22.4 Å². The maximum Gasteiger partial charge on any atom is 0.266 e. The molecule has 0 saturated heterocycles. The Kier molecular flexibility index (Phi) is 4.82. The molecule has 0 atom stereocenters. The van der Waals surface area contributed by atoms with Crippen molar-refractivity contribution in [3.8, 4) is 11.8 Å². The number of nitriles is 1. The maximum atomic E-state index is 12.3. The van der Waals surface area contributed by atoms with Crippen LogP contribution in [0, 0.1) is 32.1 Å². The Balaban J connectivity index is 2.31. The lowest BCUT2D eigenvalue weighted by molar-refractivity contribution is -0.112. The van der Waals surface area contributed by atoms with Crippen molar-refractivity contribution in [2.24, 2.45) is 0 Å². The summed E-state index contributed by atoms with van der Waals surface area (Å²) in [5.41, 5.74) is 3.72. The number of aryl methyl sites for hydroxylation is 3. The van der Waals surface area contributed by atoms with E-state index in [9.17, 15) is 15.2 Å². The summed E-state index contributed by atoms with van der Waals surface area (Å²) in [5, 5.41) is 21.8. The molecule has 1 amide bonds. The number of phenols is 1. The Hall–Kier alpha value is -3.06. The standard InChI is InChI=1S/C19H18N2O2/c1-12-6-4-5-7-17(12)21-19(23)16(11-20)10-15-8-13(2)18(22)14(3)9-15/h4-10,22H,1-3H3,(H,21,23). The molecule has 116 valence electrons. The van der Waals surface area contributed by atoms with E-state index < -0.39 is 5.91 Å². The van der Waals surface area contributed by atoms with Crippen molar-refractivity contribution in [1.82, 2.24) is 0 Å². The van der Waals surface area contributed by atoms with E-state index in [4.69, 9.17) is 0 Å². The minimum Gasteiger partial charge on any atom is -0.507 e. The van der Waals surface area contributed by atoms with E-state index in [1.807, 2.05) is 31.2 Å². The molecule has 2 aromatic carbocycles. The van der Waals surface area contributed by atoms with Gasteiger partial charge in [-0.05, 0) is 67.3 Å². The topological polar surface area (TPSA) is 73.1 Å². The summed E-state index contributed by atoms with van der Waals surface area (Å²) < 4.78 is 0. The van der Waals surface area contributed by atoms with E-state index in [1.165, 1.54) is 6.08 Å². The number of carbonyl (C=O) groups is 1. The highest BCUT2D eigenvalue weighted by Crippen LogP contribution is 2.24. The van der Waals surface area contributed by atoms with Gasteiger partial charge in [0.2, 0.25) is 0 Å². The number of anilines is 1. The van der Waals surface area contributed by atoms with Crippen LogP contribution < -0.4 is 5.32 Å². The fourth-order valence-electron chi connectivity index (χ4n) is 2.29. The molecule has 0 aliphatic heterocycles. The summed E-state index contributed by atoms with van der Waals surface area (Å²) >= 11 is 0. The molecule has 0 saturated carbocycles. The zero-order valence-electron chi connectivity index (χ0n) is 13.3. The lowest BCUT2D eigenvalue weighted by Gasteiger charge is -2.08. The van der Waals surface area contributed by atoms with Crippen LogP contribution in [-0.4, -0.2) is 11.0 Å². The molecule has 0 aromatic heterocycles. The van der Waals surface area contributed by atoms with E-state index in [0.717, 1.165) is 5.56 Å². The molecule has 0 aliphatic carbocycles. The van der Waals surface area contributed by atoms with Gasteiger partial charge in [-0.15, -0.1) is 0 Å². The van der Waals surface area contributed by atoms with Crippen molar-refractivity contribution in [2.75, 3.05) is 5.32 Å². The van der Waals surface area contributed by atoms with E-state index >= 15 is 0 Å². The van der Waals surface area contributed by atoms with Crippen molar-refractivity contribution in [3.05, 3.63) is 64.2 Å². The number of hydrogen-bond acceptors (Lipinski definition) is 3. The number of hydrogen-bond donors (Lipinski definition) is 2. The van der Waals surface area contributed by atoms with Gasteiger partial charge in [0.15, 0.2) is 0 Å². The van der Waals surface area contributed by atoms with E-state index in [1.54, 1.807) is 32.0 Å². The smallest absolute Gasteiger partial charge is 0.266 e. The first-order valence-corrected chi connectivity index (χ1v) is 7.21. The number of amides is 1. The molecule has 2 aromatic rings. The molecule has 2 N–H and O–H groups in total. The zero-order chi connectivity index (χ0) is 17.0. The number of phenolic OH excluding ortho intramolecular Hbond substituents is 1. The van der Waals surface area contributed by atoms with Crippen LogP contribution in [0.2, 0.25) is 0 Å². The summed E-state index contributed by atoms with van der Waals surface area (Å²) in [6, 6.07) is 12.8. The monoisotopic (exact) mass is 306 g/mol.